The first-order valence-corrected chi connectivity index (χ1v) is 12.8. The van der Waals surface area contributed by atoms with Crippen molar-refractivity contribution in [2.45, 2.75) is 63.7 Å². The van der Waals surface area contributed by atoms with Gasteiger partial charge in [-0.1, -0.05) is 80.9 Å². The summed E-state index contributed by atoms with van der Waals surface area (Å²) in [7, 11) is 0. The van der Waals surface area contributed by atoms with E-state index in [0.29, 0.717) is 6.42 Å². The van der Waals surface area contributed by atoms with Gasteiger partial charge in [0.15, 0.2) is 0 Å². The zero-order valence-electron chi connectivity index (χ0n) is 22.1. The van der Waals surface area contributed by atoms with Gasteiger partial charge in [-0.2, -0.15) is 0 Å². The number of hydrogen-bond acceptors (Lipinski definition) is 6. The number of hydrogen-bond donors (Lipinski definition) is 6. The molecule has 11 heteroatoms. The number of primary amides is 1. The van der Waals surface area contributed by atoms with Crippen molar-refractivity contribution in [2.24, 2.45) is 17.4 Å². The second kappa shape index (κ2) is 15.2. The Bertz CT molecular complexity index is 1130. The molecule has 4 amide bonds. The number of amides is 4. The quantitative estimate of drug-likeness (QED) is 0.187. The fourth-order valence-corrected chi connectivity index (χ4v) is 3.91. The Balaban J connectivity index is 2.23. The lowest BCUT2D eigenvalue weighted by Crippen LogP contribution is -2.59. The highest BCUT2D eigenvalue weighted by atomic mass is 16.4. The Hall–Kier alpha value is -4.25. The molecule has 2 rings (SSSR count). The first-order valence-electron chi connectivity index (χ1n) is 12.8. The topological polar surface area (TPSA) is 194 Å². The van der Waals surface area contributed by atoms with Crippen LogP contribution in [-0.4, -0.2) is 58.9 Å². The predicted octanol–water partition coefficient (Wildman–Crippen LogP) is 0.260. The molecule has 0 aromatic heterocycles. The van der Waals surface area contributed by atoms with Gasteiger partial charge >= 0.3 is 5.97 Å². The lowest BCUT2D eigenvalue weighted by atomic mass is 9.96. The second-order valence-electron chi connectivity index (χ2n) is 9.49. The number of nitrogens with one attached hydrogen (secondary N) is 3. The molecule has 2 aromatic rings. The number of carbonyl (C=O) groups is 5. The van der Waals surface area contributed by atoms with Gasteiger partial charge in [-0.3, -0.25) is 19.2 Å². The van der Waals surface area contributed by atoms with Crippen LogP contribution in [0.25, 0.3) is 0 Å². The molecule has 11 nitrogen and oxygen atoms in total. The summed E-state index contributed by atoms with van der Waals surface area (Å²) >= 11 is 0. The molecule has 0 saturated carbocycles. The molecule has 0 heterocycles. The van der Waals surface area contributed by atoms with Crippen LogP contribution in [0.15, 0.2) is 60.7 Å². The Morgan fingerprint density at radius 3 is 1.72 bits per heavy atom. The Morgan fingerprint density at radius 2 is 1.26 bits per heavy atom. The van der Waals surface area contributed by atoms with E-state index in [4.69, 9.17) is 11.5 Å². The van der Waals surface area contributed by atoms with E-state index < -0.39 is 60.2 Å². The molecule has 210 valence electrons. The minimum Gasteiger partial charge on any atom is -0.480 e. The maximum absolute atomic E-state index is 13.4. The fraction of sp³-hybridized carbons (Fsp3) is 0.393. The number of rotatable bonds is 15. The molecule has 0 radical (unpaired) electrons. The molecule has 0 bridgehead atoms. The monoisotopic (exact) mass is 539 g/mol. The summed E-state index contributed by atoms with van der Waals surface area (Å²) in [4.78, 5) is 62.4. The van der Waals surface area contributed by atoms with Crippen molar-refractivity contribution in [3.63, 3.8) is 0 Å². The summed E-state index contributed by atoms with van der Waals surface area (Å²) in [5.74, 6) is -4.39. The van der Waals surface area contributed by atoms with Gasteiger partial charge in [-0.05, 0) is 17.0 Å². The second-order valence-corrected chi connectivity index (χ2v) is 9.49. The average Bonchev–Trinajstić information content (AvgIpc) is 2.90. The van der Waals surface area contributed by atoms with Gasteiger partial charge in [0, 0.05) is 12.8 Å². The highest BCUT2D eigenvalue weighted by molar-refractivity contribution is 5.95. The lowest BCUT2D eigenvalue weighted by molar-refractivity contribution is -0.142. The molecule has 8 N–H and O–H groups in total. The van der Waals surface area contributed by atoms with E-state index in [0.717, 1.165) is 11.1 Å². The Kier molecular flexibility index (Phi) is 12.1. The fourth-order valence-electron chi connectivity index (χ4n) is 3.91. The molecule has 0 aliphatic heterocycles. The number of carboxylic acid groups (broad SMARTS) is 1. The summed E-state index contributed by atoms with van der Waals surface area (Å²) in [5, 5.41) is 17.5. The minimum atomic E-state index is -1.25. The van der Waals surface area contributed by atoms with E-state index in [1.807, 2.05) is 6.92 Å². The number of nitrogens with two attached hydrogens (primary N) is 2. The summed E-state index contributed by atoms with van der Waals surface area (Å²) < 4.78 is 0. The Morgan fingerprint density at radius 1 is 0.769 bits per heavy atom. The molecular weight excluding hydrogens is 502 g/mol. The molecular formula is C28H37N5O6. The first kappa shape index (κ1) is 31.0. The molecule has 0 aliphatic carbocycles. The van der Waals surface area contributed by atoms with Crippen LogP contribution in [0.2, 0.25) is 0 Å². The summed E-state index contributed by atoms with van der Waals surface area (Å²) in [6, 6.07) is 13.1. The van der Waals surface area contributed by atoms with Crippen LogP contribution >= 0.6 is 0 Å². The number of aliphatic carboxylic acids is 1. The predicted molar refractivity (Wildman–Crippen MR) is 145 cm³/mol. The maximum atomic E-state index is 13.4. The molecule has 0 aliphatic rings. The third-order valence-electron chi connectivity index (χ3n) is 6.36. The standard InChI is InChI=1S/C28H37N5O6/c1-3-17(2)24(27(37)32-22(28(38)39)15-19-12-8-5-9-13-19)33-26(36)21(14-18-10-6-4-7-11-18)31-25(35)20(29)16-23(30)34/h4-13,17,20-22,24H,3,14-16,29H2,1-2H3,(H2,30,34)(H,31,35)(H,32,37)(H,33,36)(H,38,39). The van der Waals surface area contributed by atoms with Crippen LogP contribution in [0.3, 0.4) is 0 Å². The molecule has 2 aromatic carbocycles. The summed E-state index contributed by atoms with van der Waals surface area (Å²) in [6.45, 7) is 3.59. The van der Waals surface area contributed by atoms with E-state index in [-0.39, 0.29) is 18.8 Å². The Labute approximate surface area is 227 Å². The van der Waals surface area contributed by atoms with E-state index in [2.05, 4.69) is 16.0 Å². The van der Waals surface area contributed by atoms with Gasteiger partial charge in [-0.15, -0.1) is 0 Å². The molecule has 0 fully saturated rings. The minimum absolute atomic E-state index is 0.0630. The van der Waals surface area contributed by atoms with Gasteiger partial charge in [0.05, 0.1) is 12.5 Å². The van der Waals surface area contributed by atoms with Crippen LogP contribution in [0.1, 0.15) is 37.8 Å². The van der Waals surface area contributed by atoms with E-state index in [1.54, 1.807) is 67.6 Å². The van der Waals surface area contributed by atoms with Gasteiger partial charge in [0.2, 0.25) is 23.6 Å². The van der Waals surface area contributed by atoms with Crippen molar-refractivity contribution in [1.82, 2.24) is 16.0 Å². The van der Waals surface area contributed by atoms with Crippen LogP contribution in [0, 0.1) is 5.92 Å². The lowest BCUT2D eigenvalue weighted by Gasteiger charge is -2.28. The molecule has 39 heavy (non-hydrogen) atoms. The highest BCUT2D eigenvalue weighted by Crippen LogP contribution is 2.12. The molecule has 5 atom stereocenters. The molecule has 5 unspecified atom stereocenters. The summed E-state index contributed by atoms with van der Waals surface area (Å²) in [5.41, 5.74) is 12.4. The third-order valence-corrected chi connectivity index (χ3v) is 6.36. The van der Waals surface area contributed by atoms with Crippen molar-refractivity contribution in [1.29, 1.82) is 0 Å². The van der Waals surface area contributed by atoms with Crippen LogP contribution < -0.4 is 27.4 Å². The van der Waals surface area contributed by atoms with E-state index in [9.17, 15) is 29.1 Å². The van der Waals surface area contributed by atoms with E-state index >= 15 is 0 Å². The highest BCUT2D eigenvalue weighted by Gasteiger charge is 2.33. The largest absolute Gasteiger partial charge is 0.480 e. The van der Waals surface area contributed by atoms with Crippen molar-refractivity contribution < 1.29 is 29.1 Å². The number of carboxylic acids is 1. The maximum Gasteiger partial charge on any atom is 0.326 e. The normalized spacial score (nSPS) is 14.6. The first-order chi connectivity index (χ1) is 18.5. The smallest absolute Gasteiger partial charge is 0.326 e. The van der Waals surface area contributed by atoms with Crippen molar-refractivity contribution in [2.75, 3.05) is 0 Å². The summed E-state index contributed by atoms with van der Waals surface area (Å²) in [6.07, 6.45) is 0.255. The van der Waals surface area contributed by atoms with Crippen LogP contribution in [-0.2, 0) is 36.8 Å². The molecule has 0 saturated heterocycles. The van der Waals surface area contributed by atoms with Gasteiger partial charge < -0.3 is 32.5 Å². The SMILES string of the molecule is CCC(C)C(NC(=O)C(Cc1ccccc1)NC(=O)C(N)CC(N)=O)C(=O)NC(Cc1ccccc1)C(=O)O. The third kappa shape index (κ3) is 10.2. The van der Waals surface area contributed by atoms with Crippen molar-refractivity contribution in [3.05, 3.63) is 71.8 Å². The van der Waals surface area contributed by atoms with Gasteiger partial charge in [-0.25, -0.2) is 4.79 Å². The van der Waals surface area contributed by atoms with Gasteiger partial charge in [0.25, 0.3) is 0 Å². The number of carbonyl (C=O) groups excluding carboxylic acids is 4. The molecule has 0 spiro atoms. The zero-order chi connectivity index (χ0) is 28.9. The zero-order valence-corrected chi connectivity index (χ0v) is 22.1. The van der Waals surface area contributed by atoms with Crippen molar-refractivity contribution >= 4 is 29.6 Å². The average molecular weight is 540 g/mol. The van der Waals surface area contributed by atoms with E-state index in [1.165, 1.54) is 0 Å². The van der Waals surface area contributed by atoms with Crippen LogP contribution in [0.5, 0.6) is 0 Å². The number of benzene rings is 2. The van der Waals surface area contributed by atoms with Gasteiger partial charge in [0.1, 0.15) is 18.1 Å². The van der Waals surface area contributed by atoms with Crippen LogP contribution in [0.4, 0.5) is 0 Å². The van der Waals surface area contributed by atoms with Crippen molar-refractivity contribution in [3.8, 4) is 0 Å².